The molecule has 2 aromatic rings. The third kappa shape index (κ3) is 2.04. The number of nitrogens with zero attached hydrogens (tertiary/aromatic N) is 2. The number of carboxylic acids is 1. The number of hydrogen-bond donors (Lipinski definition) is 1. The molecule has 0 amide bonds. The van der Waals surface area contributed by atoms with Crippen molar-refractivity contribution in [2.24, 2.45) is 7.05 Å². The van der Waals surface area contributed by atoms with Gasteiger partial charge in [-0.1, -0.05) is 0 Å². The van der Waals surface area contributed by atoms with Crippen molar-refractivity contribution in [2.75, 3.05) is 0 Å². The lowest BCUT2D eigenvalue weighted by atomic mass is 10.1. The minimum atomic E-state index is -1.12. The molecule has 17 heavy (non-hydrogen) atoms. The summed E-state index contributed by atoms with van der Waals surface area (Å²) in [5.41, 5.74) is 2.02. The number of carboxylic acid groups (broad SMARTS) is 1. The molecule has 0 saturated carbocycles. The summed E-state index contributed by atoms with van der Waals surface area (Å²) >= 11 is 0. The van der Waals surface area contributed by atoms with Gasteiger partial charge in [0.25, 0.3) is 0 Å². The van der Waals surface area contributed by atoms with Crippen LogP contribution in [0.15, 0.2) is 18.2 Å². The number of imidazole rings is 1. The second kappa shape index (κ2) is 4.01. The molecule has 2 rings (SSSR count). The van der Waals surface area contributed by atoms with Crippen LogP contribution in [0.4, 0.5) is 0 Å². The van der Waals surface area contributed by atoms with Gasteiger partial charge >= 0.3 is 5.97 Å². The molecule has 0 aliphatic carbocycles. The van der Waals surface area contributed by atoms with Crippen molar-refractivity contribution >= 4 is 22.8 Å². The van der Waals surface area contributed by atoms with Crippen LogP contribution in [0.3, 0.4) is 0 Å². The van der Waals surface area contributed by atoms with Gasteiger partial charge in [0, 0.05) is 12.6 Å². The molecule has 1 aromatic heterocycles. The van der Waals surface area contributed by atoms with Gasteiger partial charge in [-0.15, -0.1) is 0 Å². The zero-order valence-corrected chi connectivity index (χ0v) is 9.60. The molecule has 5 nitrogen and oxygen atoms in total. The zero-order chi connectivity index (χ0) is 12.6. The first-order valence-electron chi connectivity index (χ1n) is 5.17. The van der Waals surface area contributed by atoms with Gasteiger partial charge in [-0.2, -0.15) is 0 Å². The number of carbonyl (C=O) groups excluding carboxylic acids is 1. The van der Waals surface area contributed by atoms with Gasteiger partial charge in [0.05, 0.1) is 11.0 Å². The number of Topliss-reactive ketones (excluding diaryl/α,β-unsaturated/α-hetero) is 1. The number of hydrogen-bond acceptors (Lipinski definition) is 3. The molecular weight excluding hydrogens is 220 g/mol. The van der Waals surface area contributed by atoms with Crippen LogP contribution in [0, 0.1) is 6.92 Å². The maximum atomic E-state index is 11.6. The Bertz CT molecular complexity index is 613. The van der Waals surface area contributed by atoms with Crippen molar-refractivity contribution < 1.29 is 14.7 Å². The lowest BCUT2D eigenvalue weighted by molar-refractivity contribution is -0.135. The highest BCUT2D eigenvalue weighted by atomic mass is 16.4. The van der Waals surface area contributed by atoms with Crippen LogP contribution in [0.25, 0.3) is 11.0 Å². The van der Waals surface area contributed by atoms with Crippen LogP contribution in [-0.4, -0.2) is 26.4 Å². The Morgan fingerprint density at radius 3 is 2.76 bits per heavy atom. The van der Waals surface area contributed by atoms with Crippen LogP contribution < -0.4 is 0 Å². The first kappa shape index (κ1) is 11.3. The van der Waals surface area contributed by atoms with Gasteiger partial charge in [-0.3, -0.25) is 9.59 Å². The Balaban J connectivity index is 2.45. The van der Waals surface area contributed by atoms with E-state index in [2.05, 4.69) is 4.98 Å². The Morgan fingerprint density at radius 1 is 1.41 bits per heavy atom. The molecule has 1 N–H and O–H groups in total. The summed E-state index contributed by atoms with van der Waals surface area (Å²) < 4.78 is 1.92. The van der Waals surface area contributed by atoms with Crippen molar-refractivity contribution in [1.82, 2.24) is 9.55 Å². The van der Waals surface area contributed by atoms with Crippen molar-refractivity contribution in [3.8, 4) is 0 Å². The highest BCUT2D eigenvalue weighted by Gasteiger charge is 2.12. The lowest BCUT2D eigenvalue weighted by Gasteiger charge is -1.99. The highest BCUT2D eigenvalue weighted by molar-refractivity contribution is 6.06. The number of benzene rings is 1. The average molecular weight is 232 g/mol. The molecule has 1 heterocycles. The summed E-state index contributed by atoms with van der Waals surface area (Å²) in [5.74, 6) is -0.669. The molecule has 0 unspecified atom stereocenters. The van der Waals surface area contributed by atoms with Crippen LogP contribution in [0.1, 0.15) is 22.6 Å². The Morgan fingerprint density at radius 2 is 2.12 bits per heavy atom. The average Bonchev–Trinajstić information content (AvgIpc) is 2.53. The topological polar surface area (TPSA) is 72.2 Å². The summed E-state index contributed by atoms with van der Waals surface area (Å²) in [6, 6.07) is 5.05. The molecular formula is C12H12N2O3. The van der Waals surface area contributed by atoms with Gasteiger partial charge in [0.15, 0.2) is 5.78 Å². The van der Waals surface area contributed by atoms with Gasteiger partial charge in [0.1, 0.15) is 12.2 Å². The lowest BCUT2D eigenvalue weighted by Crippen LogP contribution is -2.06. The van der Waals surface area contributed by atoms with Crippen molar-refractivity contribution in [3.63, 3.8) is 0 Å². The van der Waals surface area contributed by atoms with Gasteiger partial charge in [0.2, 0.25) is 0 Å². The molecule has 0 spiro atoms. The molecule has 0 saturated heterocycles. The van der Waals surface area contributed by atoms with E-state index >= 15 is 0 Å². The van der Waals surface area contributed by atoms with Gasteiger partial charge in [-0.25, -0.2) is 4.98 Å². The Labute approximate surface area is 97.7 Å². The fourth-order valence-corrected chi connectivity index (χ4v) is 1.73. The molecule has 0 aliphatic rings. The molecule has 0 bridgehead atoms. The highest BCUT2D eigenvalue weighted by Crippen LogP contribution is 2.17. The molecule has 88 valence electrons. The van der Waals surface area contributed by atoms with E-state index in [1.807, 2.05) is 18.5 Å². The van der Waals surface area contributed by atoms with Crippen molar-refractivity contribution in [2.45, 2.75) is 13.3 Å². The summed E-state index contributed by atoms with van der Waals surface area (Å²) in [6.45, 7) is 1.87. The fourth-order valence-electron chi connectivity index (χ4n) is 1.73. The van der Waals surface area contributed by atoms with Gasteiger partial charge < -0.3 is 9.67 Å². The summed E-state index contributed by atoms with van der Waals surface area (Å²) in [6.07, 6.45) is -0.489. The third-order valence-electron chi connectivity index (χ3n) is 2.74. The van der Waals surface area contributed by atoms with E-state index in [9.17, 15) is 9.59 Å². The smallest absolute Gasteiger partial charge is 0.311 e. The maximum Gasteiger partial charge on any atom is 0.311 e. The minimum absolute atomic E-state index is 0.387. The zero-order valence-electron chi connectivity index (χ0n) is 9.60. The fraction of sp³-hybridized carbons (Fsp3) is 0.250. The summed E-state index contributed by atoms with van der Waals surface area (Å²) in [4.78, 5) is 26.3. The normalized spacial score (nSPS) is 10.7. The number of carbonyl (C=O) groups is 2. The van der Waals surface area contributed by atoms with Crippen LogP contribution in [0.5, 0.6) is 0 Å². The number of aromatic nitrogens is 2. The first-order chi connectivity index (χ1) is 7.99. The molecule has 0 atom stereocenters. The minimum Gasteiger partial charge on any atom is -0.481 e. The van der Waals surface area contributed by atoms with Crippen LogP contribution >= 0.6 is 0 Å². The summed E-state index contributed by atoms with van der Waals surface area (Å²) in [5, 5.41) is 8.57. The molecule has 5 heteroatoms. The first-order valence-corrected chi connectivity index (χ1v) is 5.17. The SMILES string of the molecule is Cc1nc2cc(C(=O)CC(=O)O)ccc2n1C. The quantitative estimate of drug-likeness (QED) is 0.643. The van der Waals surface area contributed by atoms with Crippen LogP contribution in [0.2, 0.25) is 0 Å². The van der Waals surface area contributed by atoms with E-state index in [0.717, 1.165) is 11.3 Å². The monoisotopic (exact) mass is 232 g/mol. The molecule has 1 aromatic carbocycles. The van der Waals surface area contributed by atoms with Crippen molar-refractivity contribution in [1.29, 1.82) is 0 Å². The number of aliphatic carboxylic acids is 1. The third-order valence-corrected chi connectivity index (χ3v) is 2.74. The van der Waals surface area contributed by atoms with E-state index in [1.54, 1.807) is 18.2 Å². The van der Waals surface area contributed by atoms with E-state index in [0.29, 0.717) is 11.1 Å². The summed E-state index contributed by atoms with van der Waals surface area (Å²) in [7, 11) is 1.89. The number of rotatable bonds is 3. The Hall–Kier alpha value is -2.17. The predicted octanol–water partition coefficient (Wildman–Crippen LogP) is 1.54. The van der Waals surface area contributed by atoms with Crippen molar-refractivity contribution in [3.05, 3.63) is 29.6 Å². The van der Waals surface area contributed by atoms with Gasteiger partial charge in [-0.05, 0) is 25.1 Å². The van der Waals surface area contributed by atoms with E-state index in [4.69, 9.17) is 5.11 Å². The second-order valence-corrected chi connectivity index (χ2v) is 3.92. The van der Waals surface area contributed by atoms with Crippen LogP contribution in [-0.2, 0) is 11.8 Å². The predicted molar refractivity (Wildman–Crippen MR) is 62.0 cm³/mol. The van der Waals surface area contributed by atoms with E-state index in [1.165, 1.54) is 0 Å². The molecule has 0 aliphatic heterocycles. The number of aryl methyl sites for hydroxylation is 2. The largest absolute Gasteiger partial charge is 0.481 e. The van der Waals surface area contributed by atoms with E-state index in [-0.39, 0.29) is 0 Å². The second-order valence-electron chi connectivity index (χ2n) is 3.92. The molecule has 0 fully saturated rings. The Kier molecular flexibility index (Phi) is 2.67. The molecule has 0 radical (unpaired) electrons. The van der Waals surface area contributed by atoms with E-state index < -0.39 is 18.2 Å². The standard InChI is InChI=1S/C12H12N2O3/c1-7-13-9-5-8(11(15)6-12(16)17)3-4-10(9)14(7)2/h3-5H,6H2,1-2H3,(H,16,17). The number of ketones is 1. The number of fused-ring (bicyclic) bond motifs is 1. The maximum absolute atomic E-state index is 11.6.